The molecule has 0 aliphatic carbocycles. The first-order chi connectivity index (χ1) is 11.6. The molecular weight excluding hydrogens is 372 g/mol. The predicted octanol–water partition coefficient (Wildman–Crippen LogP) is 4.28. The fraction of sp³-hybridized carbons (Fsp3) is 0.111. The Labute approximate surface area is 147 Å². The topological polar surface area (TPSA) is 63.8 Å². The number of hydrazone groups is 1. The molecule has 0 saturated carbocycles. The quantitative estimate of drug-likeness (QED) is 0.537. The highest BCUT2D eigenvalue weighted by Crippen LogP contribution is 2.25. The summed E-state index contributed by atoms with van der Waals surface area (Å²) in [4.78, 5) is 12.3. The Kier molecular flexibility index (Phi) is 4.66. The zero-order valence-electron chi connectivity index (χ0n) is 13.2. The van der Waals surface area contributed by atoms with Gasteiger partial charge in [-0.1, -0.05) is 34.1 Å². The van der Waals surface area contributed by atoms with Crippen LogP contribution in [0, 0.1) is 6.92 Å². The smallest absolute Gasteiger partial charge is 0.307 e. The lowest BCUT2D eigenvalue weighted by Gasteiger charge is -2.04. The number of benzene rings is 2. The predicted molar refractivity (Wildman–Crippen MR) is 96.7 cm³/mol. The van der Waals surface area contributed by atoms with Crippen molar-refractivity contribution in [3.63, 3.8) is 0 Å². The number of ether oxygens (including phenoxy) is 1. The molecule has 0 radical (unpaired) electrons. The van der Waals surface area contributed by atoms with E-state index in [4.69, 9.17) is 9.15 Å². The normalized spacial score (nSPS) is 11.1. The number of amides is 1. The molecule has 1 aromatic heterocycles. The van der Waals surface area contributed by atoms with E-state index in [1.165, 1.54) is 6.21 Å². The third-order valence-corrected chi connectivity index (χ3v) is 4.10. The van der Waals surface area contributed by atoms with Crippen LogP contribution in [0.4, 0.5) is 0 Å². The average Bonchev–Trinajstić information content (AvgIpc) is 2.92. The summed E-state index contributed by atoms with van der Waals surface area (Å²) >= 11 is 3.39. The molecule has 1 N–H and O–H groups in total. The van der Waals surface area contributed by atoms with Crippen molar-refractivity contribution >= 4 is 39.0 Å². The maximum atomic E-state index is 12.3. The lowest BCUT2D eigenvalue weighted by molar-refractivity contribution is 0.0929. The minimum absolute atomic E-state index is 0.259. The zero-order valence-corrected chi connectivity index (χ0v) is 14.8. The second-order valence-corrected chi connectivity index (χ2v) is 6.05. The monoisotopic (exact) mass is 386 g/mol. The van der Waals surface area contributed by atoms with Gasteiger partial charge in [0.25, 0.3) is 0 Å². The summed E-state index contributed by atoms with van der Waals surface area (Å²) in [5.41, 5.74) is 4.70. The van der Waals surface area contributed by atoms with Gasteiger partial charge in [0, 0.05) is 21.0 Å². The Hall–Kier alpha value is -2.60. The third kappa shape index (κ3) is 3.19. The van der Waals surface area contributed by atoms with Crippen molar-refractivity contribution in [1.29, 1.82) is 0 Å². The van der Waals surface area contributed by atoms with Crippen LogP contribution < -0.4 is 10.2 Å². The van der Waals surface area contributed by atoms with E-state index >= 15 is 0 Å². The molecule has 0 fully saturated rings. The summed E-state index contributed by atoms with van der Waals surface area (Å²) < 4.78 is 11.8. The molecule has 1 heterocycles. The number of para-hydroxylation sites is 1. The summed E-state index contributed by atoms with van der Waals surface area (Å²) in [5.74, 6) is 0.527. The number of aryl methyl sites for hydroxylation is 1. The molecule has 0 aliphatic rings. The number of carbonyl (C=O) groups excluding carboxylic acids is 1. The van der Waals surface area contributed by atoms with Crippen LogP contribution >= 0.6 is 15.9 Å². The number of nitrogens with one attached hydrogen (secondary N) is 1. The Morgan fingerprint density at radius 1 is 1.29 bits per heavy atom. The van der Waals surface area contributed by atoms with E-state index in [2.05, 4.69) is 26.5 Å². The van der Waals surface area contributed by atoms with E-state index in [1.807, 2.05) is 49.4 Å². The molecule has 6 heteroatoms. The Morgan fingerprint density at radius 2 is 2.08 bits per heavy atom. The fourth-order valence-electron chi connectivity index (χ4n) is 2.41. The summed E-state index contributed by atoms with van der Waals surface area (Å²) in [7, 11) is 1.58. The van der Waals surface area contributed by atoms with Crippen LogP contribution in [-0.4, -0.2) is 19.2 Å². The van der Waals surface area contributed by atoms with Gasteiger partial charge < -0.3 is 9.15 Å². The summed E-state index contributed by atoms with van der Waals surface area (Å²) in [6.45, 7) is 1.85. The van der Waals surface area contributed by atoms with Crippen molar-refractivity contribution in [2.45, 2.75) is 6.92 Å². The molecule has 0 aliphatic heterocycles. The van der Waals surface area contributed by atoms with Gasteiger partial charge in [-0.3, -0.25) is 4.79 Å². The van der Waals surface area contributed by atoms with Gasteiger partial charge in [0.1, 0.15) is 11.3 Å². The summed E-state index contributed by atoms with van der Waals surface area (Å²) in [5, 5.41) is 4.91. The molecule has 3 rings (SSSR count). The highest BCUT2D eigenvalue weighted by atomic mass is 79.9. The number of methoxy groups -OCH3 is 1. The van der Waals surface area contributed by atoms with E-state index in [9.17, 15) is 4.79 Å². The molecule has 122 valence electrons. The van der Waals surface area contributed by atoms with Gasteiger partial charge in [-0.05, 0) is 31.2 Å². The highest BCUT2D eigenvalue weighted by molar-refractivity contribution is 9.10. The van der Waals surface area contributed by atoms with Gasteiger partial charge in [-0.25, -0.2) is 5.43 Å². The summed E-state index contributed by atoms with van der Waals surface area (Å²) in [6.07, 6.45) is 1.53. The summed E-state index contributed by atoms with van der Waals surface area (Å²) in [6, 6.07) is 13.0. The van der Waals surface area contributed by atoms with Gasteiger partial charge in [-0.15, -0.1) is 0 Å². The standard InChI is InChI=1S/C18H15BrN2O3/c1-11-14-5-3-4-6-16(14)24-17(11)18(22)21-20-10-12-9-13(19)7-8-15(12)23-2/h3-10H,1-2H3,(H,21,22)/b20-10-. The van der Waals surface area contributed by atoms with Crippen LogP contribution in [-0.2, 0) is 0 Å². The van der Waals surface area contributed by atoms with Gasteiger partial charge in [0.2, 0.25) is 0 Å². The van der Waals surface area contributed by atoms with Crippen molar-refractivity contribution in [2.75, 3.05) is 7.11 Å². The van der Waals surface area contributed by atoms with Gasteiger partial charge in [0.05, 0.1) is 13.3 Å². The van der Waals surface area contributed by atoms with Crippen molar-refractivity contribution in [3.05, 3.63) is 63.8 Å². The van der Waals surface area contributed by atoms with E-state index in [1.54, 1.807) is 7.11 Å². The molecule has 1 amide bonds. The minimum atomic E-state index is -0.395. The molecule has 2 aromatic carbocycles. The zero-order chi connectivity index (χ0) is 17.1. The minimum Gasteiger partial charge on any atom is -0.496 e. The van der Waals surface area contributed by atoms with Crippen LogP contribution in [0.2, 0.25) is 0 Å². The molecule has 3 aromatic rings. The van der Waals surface area contributed by atoms with Crippen molar-refractivity contribution in [2.24, 2.45) is 5.10 Å². The Bertz CT molecular complexity index is 931. The number of furan rings is 1. The van der Waals surface area contributed by atoms with Crippen LogP contribution in [0.1, 0.15) is 21.7 Å². The first-order valence-corrected chi connectivity index (χ1v) is 8.04. The molecule has 0 spiro atoms. The van der Waals surface area contributed by atoms with E-state index < -0.39 is 5.91 Å². The number of hydrogen-bond acceptors (Lipinski definition) is 4. The third-order valence-electron chi connectivity index (χ3n) is 3.61. The van der Waals surface area contributed by atoms with Gasteiger partial charge in [-0.2, -0.15) is 5.10 Å². The molecule has 0 saturated heterocycles. The number of rotatable bonds is 4. The van der Waals surface area contributed by atoms with Gasteiger partial charge >= 0.3 is 5.91 Å². The number of carbonyl (C=O) groups is 1. The Morgan fingerprint density at radius 3 is 2.83 bits per heavy atom. The molecule has 0 atom stereocenters. The lowest BCUT2D eigenvalue weighted by Crippen LogP contribution is -2.17. The van der Waals surface area contributed by atoms with Crippen LogP contribution in [0.5, 0.6) is 5.75 Å². The van der Waals surface area contributed by atoms with Crippen LogP contribution in [0.3, 0.4) is 0 Å². The second kappa shape index (κ2) is 6.88. The van der Waals surface area contributed by atoms with Gasteiger partial charge in [0.15, 0.2) is 5.76 Å². The highest BCUT2D eigenvalue weighted by Gasteiger charge is 2.16. The van der Waals surface area contributed by atoms with E-state index in [-0.39, 0.29) is 5.76 Å². The lowest BCUT2D eigenvalue weighted by atomic mass is 10.1. The number of halogens is 1. The van der Waals surface area contributed by atoms with E-state index in [0.29, 0.717) is 11.3 Å². The maximum Gasteiger partial charge on any atom is 0.307 e. The first-order valence-electron chi connectivity index (χ1n) is 7.25. The molecule has 0 unspecified atom stereocenters. The van der Waals surface area contributed by atoms with Crippen LogP contribution in [0.15, 0.2) is 56.5 Å². The maximum absolute atomic E-state index is 12.3. The second-order valence-electron chi connectivity index (χ2n) is 5.14. The number of fused-ring (bicyclic) bond motifs is 1. The van der Waals surface area contributed by atoms with E-state index in [0.717, 1.165) is 21.0 Å². The fourth-order valence-corrected chi connectivity index (χ4v) is 2.79. The first kappa shape index (κ1) is 16.3. The number of hydrogen-bond donors (Lipinski definition) is 1. The number of nitrogens with zero attached hydrogens (tertiary/aromatic N) is 1. The average molecular weight is 387 g/mol. The van der Waals surface area contributed by atoms with Crippen LogP contribution in [0.25, 0.3) is 11.0 Å². The molecule has 24 heavy (non-hydrogen) atoms. The largest absolute Gasteiger partial charge is 0.496 e. The SMILES string of the molecule is COc1ccc(Br)cc1/C=N\NC(=O)c1oc2ccccc2c1C. The van der Waals surface area contributed by atoms with Crippen molar-refractivity contribution < 1.29 is 13.9 Å². The molecular formula is C18H15BrN2O3. The Balaban J connectivity index is 1.80. The molecule has 5 nitrogen and oxygen atoms in total. The van der Waals surface area contributed by atoms with Crippen molar-refractivity contribution in [1.82, 2.24) is 5.43 Å². The van der Waals surface area contributed by atoms with Crippen molar-refractivity contribution in [3.8, 4) is 5.75 Å². The molecule has 0 bridgehead atoms.